The van der Waals surface area contributed by atoms with Gasteiger partial charge in [0.2, 0.25) is 10.0 Å². The SMILES string of the molecule is CCNC(=NCCc1cc2ccccc2[nH]1)N1CCN(S(=O)(=O)CCOC(C)C)CC1.I. The van der Waals surface area contributed by atoms with Gasteiger partial charge in [0.25, 0.3) is 0 Å². The summed E-state index contributed by atoms with van der Waals surface area (Å²) in [5.41, 5.74) is 2.31. The largest absolute Gasteiger partial charge is 0.378 e. The molecule has 0 aliphatic carbocycles. The maximum atomic E-state index is 12.6. The maximum absolute atomic E-state index is 12.6. The fraction of sp³-hybridized carbons (Fsp3) is 0.591. The smallest absolute Gasteiger partial charge is 0.216 e. The molecule has 0 amide bonds. The Hall–Kier alpha value is -1.37. The van der Waals surface area contributed by atoms with E-state index in [1.807, 2.05) is 32.9 Å². The first-order chi connectivity index (χ1) is 14.9. The van der Waals surface area contributed by atoms with Gasteiger partial charge in [0.15, 0.2) is 5.96 Å². The Morgan fingerprint density at radius 3 is 2.59 bits per heavy atom. The molecule has 1 fully saturated rings. The van der Waals surface area contributed by atoms with Crippen molar-refractivity contribution in [2.45, 2.75) is 33.3 Å². The van der Waals surface area contributed by atoms with Gasteiger partial charge >= 0.3 is 0 Å². The van der Waals surface area contributed by atoms with Crippen molar-refractivity contribution < 1.29 is 13.2 Å². The van der Waals surface area contributed by atoms with Crippen LogP contribution in [0.3, 0.4) is 0 Å². The third-order valence-electron chi connectivity index (χ3n) is 5.29. The molecule has 2 aromatic rings. The van der Waals surface area contributed by atoms with Gasteiger partial charge in [0.1, 0.15) is 0 Å². The average molecular weight is 578 g/mol. The molecule has 1 saturated heterocycles. The Morgan fingerprint density at radius 1 is 1.22 bits per heavy atom. The van der Waals surface area contributed by atoms with Gasteiger partial charge in [-0.15, -0.1) is 24.0 Å². The molecular weight excluding hydrogens is 541 g/mol. The number of benzene rings is 1. The first-order valence-electron chi connectivity index (χ1n) is 11.1. The lowest BCUT2D eigenvalue weighted by Gasteiger charge is -2.35. The van der Waals surface area contributed by atoms with Gasteiger partial charge in [0, 0.05) is 56.9 Å². The van der Waals surface area contributed by atoms with Crippen molar-refractivity contribution in [2.75, 3.05) is 51.6 Å². The van der Waals surface area contributed by atoms with E-state index < -0.39 is 10.0 Å². The third-order valence-corrected chi connectivity index (χ3v) is 7.12. The highest BCUT2D eigenvalue weighted by molar-refractivity contribution is 14.0. The molecule has 1 aliphatic rings. The molecule has 0 radical (unpaired) electrons. The van der Waals surface area contributed by atoms with Crippen molar-refractivity contribution in [1.29, 1.82) is 0 Å². The van der Waals surface area contributed by atoms with Crippen LogP contribution in [0.2, 0.25) is 0 Å². The summed E-state index contributed by atoms with van der Waals surface area (Å²) in [5, 5.41) is 4.56. The number of sulfonamides is 1. The number of aromatic amines is 1. The monoisotopic (exact) mass is 577 g/mol. The Bertz CT molecular complexity index is 936. The fourth-order valence-electron chi connectivity index (χ4n) is 3.67. The zero-order valence-corrected chi connectivity index (χ0v) is 22.4. The highest BCUT2D eigenvalue weighted by Gasteiger charge is 2.28. The van der Waals surface area contributed by atoms with Crippen LogP contribution in [0, 0.1) is 0 Å². The normalized spacial score (nSPS) is 15.9. The minimum atomic E-state index is -3.29. The number of piperazine rings is 1. The molecule has 0 atom stereocenters. The predicted molar refractivity (Wildman–Crippen MR) is 141 cm³/mol. The highest BCUT2D eigenvalue weighted by atomic mass is 127. The molecule has 0 saturated carbocycles. The lowest BCUT2D eigenvalue weighted by atomic mass is 10.2. The van der Waals surface area contributed by atoms with E-state index in [0.717, 1.165) is 24.4 Å². The molecule has 0 unspecified atom stereocenters. The predicted octanol–water partition coefficient (Wildman–Crippen LogP) is 2.67. The first-order valence-corrected chi connectivity index (χ1v) is 12.7. The Kier molecular flexibility index (Phi) is 10.7. The van der Waals surface area contributed by atoms with Crippen molar-refractivity contribution >= 4 is 50.9 Å². The van der Waals surface area contributed by atoms with Crippen LogP contribution < -0.4 is 5.32 Å². The number of ether oxygens (including phenoxy) is 1. The number of aromatic nitrogens is 1. The number of rotatable bonds is 9. The summed E-state index contributed by atoms with van der Waals surface area (Å²) in [5.74, 6) is 0.878. The Morgan fingerprint density at radius 2 is 1.94 bits per heavy atom. The van der Waals surface area contributed by atoms with Crippen LogP contribution in [-0.4, -0.2) is 86.3 Å². The number of nitrogens with zero attached hydrogens (tertiary/aromatic N) is 3. The van der Waals surface area contributed by atoms with Crippen LogP contribution in [0.4, 0.5) is 0 Å². The average Bonchev–Trinajstić information content (AvgIpc) is 3.15. The molecule has 1 aromatic heterocycles. The molecule has 180 valence electrons. The molecular formula is C22H36IN5O3S. The van der Waals surface area contributed by atoms with E-state index in [1.165, 1.54) is 11.1 Å². The van der Waals surface area contributed by atoms with Gasteiger partial charge in [-0.3, -0.25) is 4.99 Å². The molecule has 2 heterocycles. The quantitative estimate of drug-likeness (QED) is 0.272. The number of H-pyrrole nitrogens is 1. The van der Waals surface area contributed by atoms with Gasteiger partial charge in [-0.1, -0.05) is 18.2 Å². The maximum Gasteiger partial charge on any atom is 0.216 e. The van der Waals surface area contributed by atoms with E-state index in [2.05, 4.69) is 33.4 Å². The zero-order valence-electron chi connectivity index (χ0n) is 19.2. The molecule has 1 aliphatic heterocycles. The van der Waals surface area contributed by atoms with Crippen molar-refractivity contribution in [3.8, 4) is 0 Å². The first kappa shape index (κ1) is 26.9. The molecule has 8 nitrogen and oxygen atoms in total. The van der Waals surface area contributed by atoms with Crippen LogP contribution in [0.5, 0.6) is 0 Å². The zero-order chi connectivity index (χ0) is 22.3. The molecule has 1 aromatic carbocycles. The van der Waals surface area contributed by atoms with E-state index in [0.29, 0.717) is 32.7 Å². The van der Waals surface area contributed by atoms with Crippen molar-refractivity contribution in [2.24, 2.45) is 4.99 Å². The van der Waals surface area contributed by atoms with Crippen molar-refractivity contribution in [3.05, 3.63) is 36.0 Å². The second kappa shape index (κ2) is 12.8. The number of nitrogens with one attached hydrogen (secondary N) is 2. The molecule has 2 N–H and O–H groups in total. The van der Waals surface area contributed by atoms with E-state index in [-0.39, 0.29) is 42.4 Å². The number of halogens is 1. The highest BCUT2D eigenvalue weighted by Crippen LogP contribution is 2.15. The summed E-state index contributed by atoms with van der Waals surface area (Å²) < 4.78 is 32.1. The number of guanidine groups is 1. The summed E-state index contributed by atoms with van der Waals surface area (Å²) in [6, 6.07) is 10.4. The van der Waals surface area contributed by atoms with Crippen LogP contribution in [0.15, 0.2) is 35.3 Å². The number of para-hydroxylation sites is 1. The summed E-state index contributed by atoms with van der Waals surface area (Å²) in [4.78, 5) is 10.4. The summed E-state index contributed by atoms with van der Waals surface area (Å²) in [7, 11) is -3.29. The number of aliphatic imine (C=N–C) groups is 1. The third kappa shape index (κ3) is 7.60. The van der Waals surface area contributed by atoms with Crippen LogP contribution in [0.25, 0.3) is 10.9 Å². The second-order valence-electron chi connectivity index (χ2n) is 7.99. The summed E-state index contributed by atoms with van der Waals surface area (Å²) >= 11 is 0. The van der Waals surface area contributed by atoms with E-state index in [1.54, 1.807) is 4.31 Å². The van der Waals surface area contributed by atoms with E-state index in [4.69, 9.17) is 9.73 Å². The summed E-state index contributed by atoms with van der Waals surface area (Å²) in [6.45, 7) is 9.73. The number of hydrogen-bond donors (Lipinski definition) is 2. The Balaban J connectivity index is 0.00000363. The number of hydrogen-bond acceptors (Lipinski definition) is 4. The molecule has 0 bridgehead atoms. The minimum absolute atomic E-state index is 0. The van der Waals surface area contributed by atoms with Crippen LogP contribution in [-0.2, 0) is 21.2 Å². The second-order valence-corrected chi connectivity index (χ2v) is 10.1. The van der Waals surface area contributed by atoms with Crippen LogP contribution >= 0.6 is 24.0 Å². The van der Waals surface area contributed by atoms with Gasteiger partial charge < -0.3 is 19.9 Å². The van der Waals surface area contributed by atoms with Gasteiger partial charge in [-0.05, 0) is 38.3 Å². The minimum Gasteiger partial charge on any atom is -0.378 e. The van der Waals surface area contributed by atoms with E-state index >= 15 is 0 Å². The van der Waals surface area contributed by atoms with Crippen LogP contribution in [0.1, 0.15) is 26.5 Å². The lowest BCUT2D eigenvalue weighted by Crippen LogP contribution is -2.54. The van der Waals surface area contributed by atoms with Gasteiger partial charge in [-0.2, -0.15) is 4.31 Å². The Labute approximate surface area is 208 Å². The van der Waals surface area contributed by atoms with Gasteiger partial charge in [-0.25, -0.2) is 8.42 Å². The molecule has 3 rings (SSSR count). The fourth-order valence-corrected chi connectivity index (χ4v) is 4.96. The molecule has 32 heavy (non-hydrogen) atoms. The van der Waals surface area contributed by atoms with Gasteiger partial charge in [0.05, 0.1) is 18.5 Å². The topological polar surface area (TPSA) is 90.0 Å². The standard InChI is InChI=1S/C22H35N5O3S.HI/c1-4-23-22(24-10-9-20-17-19-7-5-6-8-21(19)25-20)26-11-13-27(14-12-26)31(28,29)16-15-30-18(2)3;/h5-8,17-18,25H,4,9-16H2,1-3H3,(H,23,24);1H. The summed E-state index contributed by atoms with van der Waals surface area (Å²) in [6.07, 6.45) is 0.864. The van der Waals surface area contributed by atoms with Crippen molar-refractivity contribution in [3.63, 3.8) is 0 Å². The lowest BCUT2D eigenvalue weighted by molar-refractivity contribution is 0.0904. The molecule has 10 heteroatoms. The molecule has 0 spiro atoms. The van der Waals surface area contributed by atoms with E-state index in [9.17, 15) is 8.42 Å². The number of fused-ring (bicyclic) bond motifs is 1. The van der Waals surface area contributed by atoms with Crippen molar-refractivity contribution in [1.82, 2.24) is 19.5 Å².